The molecule has 0 bridgehead atoms. The molecule has 0 radical (unpaired) electrons. The van der Waals surface area contributed by atoms with Gasteiger partial charge < -0.3 is 28.7 Å². The highest BCUT2D eigenvalue weighted by Crippen LogP contribution is 2.13. The molecule has 0 aliphatic carbocycles. The maximum absolute atomic E-state index is 12.8. The molecule has 0 aromatic rings. The first-order valence-corrected chi connectivity index (χ1v) is 30.1. The van der Waals surface area contributed by atoms with Crippen molar-refractivity contribution in [3.63, 3.8) is 0 Å². The van der Waals surface area contributed by atoms with E-state index in [9.17, 15) is 28.8 Å². The second-order valence-corrected chi connectivity index (χ2v) is 19.7. The molecule has 0 aliphatic rings. The van der Waals surface area contributed by atoms with E-state index in [2.05, 4.69) is 38.2 Å². The van der Waals surface area contributed by atoms with Gasteiger partial charge in [-0.05, 0) is 89.9 Å². The number of hydrogen-bond acceptors (Lipinski definition) is 10. The van der Waals surface area contributed by atoms with Crippen molar-refractivity contribution in [2.45, 2.75) is 279 Å². The fraction of sp³-hybridized carbons (Fsp3) is 0.836. The summed E-state index contributed by atoms with van der Waals surface area (Å²) in [5.74, 6) is -0.869. The molecule has 0 heterocycles. The maximum atomic E-state index is 12.8. The number of rotatable bonds is 51. The van der Waals surface area contributed by atoms with Crippen LogP contribution in [0.15, 0.2) is 24.3 Å². The number of amides is 2. The zero-order valence-electron chi connectivity index (χ0n) is 48.1. The number of carbonyl (C=O) groups is 6. The highest BCUT2D eigenvalue weighted by molar-refractivity contribution is 5.77. The Balaban J connectivity index is 0. The van der Waals surface area contributed by atoms with Gasteiger partial charge in [0.05, 0.1) is 26.2 Å². The standard InChI is InChI=1S/C31H57NO5.C30H55NO5/c1-4-7-9-10-11-12-13-14-15-16-17-18-19-20-21-23-29(33)32(25-27-36-30(34)22-6-3)26-28-37-31(35)24-8-5-2;1-4-7-8-9-10-11-12-13-14-15-16-17-18-19-20-23-28(32)31(24-26-35-29(33)21-5-2)25-27-36-30(34)22-6-3/h14-15H,4-13,16-28H2,1-3H3;13-14H,4-12,15-27H2,1-3H3/b15-14-;14-13-. The molecule has 2 amide bonds. The summed E-state index contributed by atoms with van der Waals surface area (Å²) in [6.45, 7) is 14.4. The largest absolute Gasteiger partial charge is 0.464 e. The minimum absolute atomic E-state index is 0.0331. The Morgan fingerprint density at radius 2 is 0.521 bits per heavy atom. The second-order valence-electron chi connectivity index (χ2n) is 19.7. The molecule has 0 spiro atoms. The lowest BCUT2D eigenvalue weighted by Crippen LogP contribution is -2.37. The zero-order chi connectivity index (χ0) is 54.1. The van der Waals surface area contributed by atoms with Crippen molar-refractivity contribution < 1.29 is 47.7 Å². The topological polar surface area (TPSA) is 146 Å². The number of carbonyl (C=O) groups excluding carboxylic acids is 6. The van der Waals surface area contributed by atoms with Crippen LogP contribution in [0.2, 0.25) is 0 Å². The lowest BCUT2D eigenvalue weighted by molar-refractivity contribution is -0.148. The van der Waals surface area contributed by atoms with E-state index in [-0.39, 0.29) is 62.1 Å². The molecule has 0 aliphatic heterocycles. The first kappa shape index (κ1) is 71.4. The van der Waals surface area contributed by atoms with E-state index in [1.807, 2.05) is 27.7 Å². The molecule has 0 fully saturated rings. The minimum Gasteiger partial charge on any atom is -0.464 e. The van der Waals surface area contributed by atoms with Crippen LogP contribution in [0, 0.1) is 0 Å². The van der Waals surface area contributed by atoms with E-state index in [0.717, 1.165) is 83.5 Å². The monoisotopic (exact) mass is 1030 g/mol. The Morgan fingerprint density at radius 3 is 0.795 bits per heavy atom. The predicted molar refractivity (Wildman–Crippen MR) is 300 cm³/mol. The smallest absolute Gasteiger partial charge is 0.305 e. The molecule has 12 nitrogen and oxygen atoms in total. The van der Waals surface area contributed by atoms with Crippen LogP contribution in [0.5, 0.6) is 0 Å². The first-order valence-electron chi connectivity index (χ1n) is 30.1. The molecule has 73 heavy (non-hydrogen) atoms. The van der Waals surface area contributed by atoms with Gasteiger partial charge in [-0.15, -0.1) is 0 Å². The summed E-state index contributed by atoms with van der Waals surface area (Å²) >= 11 is 0. The van der Waals surface area contributed by atoms with Crippen molar-refractivity contribution in [3.8, 4) is 0 Å². The van der Waals surface area contributed by atoms with Crippen molar-refractivity contribution in [1.82, 2.24) is 9.80 Å². The molecule has 0 rings (SSSR count). The van der Waals surface area contributed by atoms with E-state index in [1.165, 1.54) is 116 Å². The van der Waals surface area contributed by atoms with Crippen LogP contribution >= 0.6 is 0 Å². The number of esters is 4. The summed E-state index contributed by atoms with van der Waals surface area (Å²) in [6.07, 6.45) is 47.6. The number of unbranched alkanes of at least 4 members (excludes halogenated alkanes) is 23. The van der Waals surface area contributed by atoms with Gasteiger partial charge in [0.15, 0.2) is 0 Å². The van der Waals surface area contributed by atoms with Crippen LogP contribution in [0.25, 0.3) is 0 Å². The van der Waals surface area contributed by atoms with E-state index in [4.69, 9.17) is 18.9 Å². The Labute approximate surface area is 447 Å². The van der Waals surface area contributed by atoms with Crippen LogP contribution in [-0.2, 0) is 47.7 Å². The van der Waals surface area contributed by atoms with Crippen LogP contribution in [0.4, 0.5) is 0 Å². The zero-order valence-corrected chi connectivity index (χ0v) is 48.1. The molecule has 0 aromatic heterocycles. The number of allylic oxidation sites excluding steroid dienone is 4. The quantitative estimate of drug-likeness (QED) is 0.0250. The fourth-order valence-corrected chi connectivity index (χ4v) is 8.03. The fourth-order valence-electron chi connectivity index (χ4n) is 8.03. The van der Waals surface area contributed by atoms with Gasteiger partial charge in [-0.25, -0.2) is 0 Å². The second kappa shape index (κ2) is 57.6. The predicted octanol–water partition coefficient (Wildman–Crippen LogP) is 15.5. The molecule has 426 valence electrons. The molecule has 0 saturated carbocycles. The highest BCUT2D eigenvalue weighted by atomic mass is 16.5. The average molecular weight is 1030 g/mol. The maximum Gasteiger partial charge on any atom is 0.305 e. The van der Waals surface area contributed by atoms with E-state index in [0.29, 0.717) is 64.7 Å². The van der Waals surface area contributed by atoms with Crippen molar-refractivity contribution >= 4 is 35.7 Å². The normalized spacial score (nSPS) is 11.1. The van der Waals surface area contributed by atoms with Crippen molar-refractivity contribution in [2.24, 2.45) is 0 Å². The molecule has 0 aromatic carbocycles. The summed E-state index contributed by atoms with van der Waals surface area (Å²) in [7, 11) is 0. The average Bonchev–Trinajstić information content (AvgIpc) is 3.37. The summed E-state index contributed by atoms with van der Waals surface area (Å²) in [5, 5.41) is 0. The summed E-state index contributed by atoms with van der Waals surface area (Å²) in [6, 6.07) is 0. The summed E-state index contributed by atoms with van der Waals surface area (Å²) in [4.78, 5) is 75.4. The third kappa shape index (κ3) is 52.9. The third-order valence-electron chi connectivity index (χ3n) is 12.6. The minimum atomic E-state index is -0.239. The summed E-state index contributed by atoms with van der Waals surface area (Å²) in [5.41, 5.74) is 0. The van der Waals surface area contributed by atoms with Gasteiger partial charge in [0, 0.05) is 38.5 Å². The number of hydrogen-bond donors (Lipinski definition) is 0. The summed E-state index contributed by atoms with van der Waals surface area (Å²) < 4.78 is 20.9. The Hall–Kier alpha value is -3.70. The molecule has 0 N–H and O–H groups in total. The van der Waals surface area contributed by atoms with Crippen LogP contribution in [0.1, 0.15) is 279 Å². The van der Waals surface area contributed by atoms with Gasteiger partial charge in [-0.2, -0.15) is 0 Å². The highest BCUT2D eigenvalue weighted by Gasteiger charge is 2.17. The lowest BCUT2D eigenvalue weighted by Gasteiger charge is -2.22. The van der Waals surface area contributed by atoms with Gasteiger partial charge in [0.1, 0.15) is 26.4 Å². The first-order chi connectivity index (χ1) is 35.6. The van der Waals surface area contributed by atoms with Gasteiger partial charge >= 0.3 is 23.9 Å². The Morgan fingerprint density at radius 1 is 0.274 bits per heavy atom. The van der Waals surface area contributed by atoms with Crippen LogP contribution < -0.4 is 0 Å². The third-order valence-corrected chi connectivity index (χ3v) is 12.6. The molecule has 12 heteroatoms. The molecule has 0 saturated heterocycles. The van der Waals surface area contributed by atoms with Crippen molar-refractivity contribution in [2.75, 3.05) is 52.6 Å². The van der Waals surface area contributed by atoms with Crippen LogP contribution in [-0.4, -0.2) is 98.1 Å². The van der Waals surface area contributed by atoms with Gasteiger partial charge in [-0.3, -0.25) is 28.8 Å². The van der Waals surface area contributed by atoms with Gasteiger partial charge in [0.2, 0.25) is 11.8 Å². The van der Waals surface area contributed by atoms with Gasteiger partial charge in [0.25, 0.3) is 0 Å². The van der Waals surface area contributed by atoms with E-state index >= 15 is 0 Å². The van der Waals surface area contributed by atoms with Gasteiger partial charge in [-0.1, -0.05) is 175 Å². The molecule has 0 unspecified atom stereocenters. The molecular formula is C61H112N2O10. The SMILES string of the molecule is CCCCCCCC/C=C\CCCCCCCC(=O)N(CCOC(=O)CCC)CCOC(=O)CCC.CCCCCCCC/C=C\CCCCCCCC(=O)N(CCOC(=O)CCC)CCOC(=O)CCCC. The molecule has 0 atom stereocenters. The van der Waals surface area contributed by atoms with Crippen molar-refractivity contribution in [3.05, 3.63) is 24.3 Å². The van der Waals surface area contributed by atoms with Crippen LogP contribution in [0.3, 0.4) is 0 Å². The Kier molecular flexibility index (Phi) is 56.3. The number of ether oxygens (including phenoxy) is 4. The van der Waals surface area contributed by atoms with Crippen molar-refractivity contribution in [1.29, 1.82) is 0 Å². The van der Waals surface area contributed by atoms with E-state index in [1.54, 1.807) is 9.80 Å². The van der Waals surface area contributed by atoms with E-state index < -0.39 is 0 Å². The Bertz CT molecular complexity index is 1340. The lowest BCUT2D eigenvalue weighted by atomic mass is 10.1. The number of nitrogens with zero attached hydrogens (tertiary/aromatic N) is 2. The molecular weight excluding hydrogens is 921 g/mol.